The minimum absolute atomic E-state index is 0.0128. The van der Waals surface area contributed by atoms with E-state index in [2.05, 4.69) is 4.72 Å². The van der Waals surface area contributed by atoms with Gasteiger partial charge in [0.1, 0.15) is 0 Å². The van der Waals surface area contributed by atoms with Gasteiger partial charge in [0.15, 0.2) is 0 Å². The summed E-state index contributed by atoms with van der Waals surface area (Å²) in [6.07, 6.45) is 4.94. The molecule has 1 N–H and O–H groups in total. The monoisotopic (exact) mass is 313 g/mol. The first-order chi connectivity index (χ1) is 8.64. The zero-order chi connectivity index (χ0) is 14.7. The first-order valence-electron chi connectivity index (χ1n) is 6.28. The molecule has 0 unspecified atom stereocenters. The molecule has 9 heteroatoms. The van der Waals surface area contributed by atoms with Crippen molar-refractivity contribution in [2.75, 3.05) is 33.4 Å². The normalized spacial score (nSPS) is 18.6. The van der Waals surface area contributed by atoms with Gasteiger partial charge in [-0.05, 0) is 12.8 Å². The van der Waals surface area contributed by atoms with Gasteiger partial charge in [0, 0.05) is 33.2 Å². The van der Waals surface area contributed by atoms with Crippen molar-refractivity contribution in [2.45, 2.75) is 31.7 Å². The van der Waals surface area contributed by atoms with Crippen LogP contribution in [0.3, 0.4) is 0 Å². The average molecular weight is 313 g/mol. The summed E-state index contributed by atoms with van der Waals surface area (Å²) in [5.74, 6) is 0. The molecule has 1 rings (SSSR count). The van der Waals surface area contributed by atoms with Crippen LogP contribution in [-0.4, -0.2) is 64.9 Å². The molecule has 0 radical (unpaired) electrons. The second kappa shape index (κ2) is 6.49. The summed E-state index contributed by atoms with van der Waals surface area (Å²) >= 11 is 0. The highest BCUT2D eigenvalue weighted by Gasteiger charge is 2.29. The highest BCUT2D eigenvalue weighted by atomic mass is 32.2. The van der Waals surface area contributed by atoms with Crippen LogP contribution in [-0.2, 0) is 20.2 Å². The van der Waals surface area contributed by atoms with Crippen molar-refractivity contribution in [2.24, 2.45) is 0 Å². The molecule has 0 aliphatic heterocycles. The molecule has 0 spiro atoms. The van der Waals surface area contributed by atoms with E-state index < -0.39 is 20.2 Å². The Morgan fingerprint density at radius 3 is 2.05 bits per heavy atom. The Morgan fingerprint density at radius 2 is 1.63 bits per heavy atom. The minimum Gasteiger partial charge on any atom is -0.212 e. The van der Waals surface area contributed by atoms with Crippen LogP contribution >= 0.6 is 0 Å². The Balaban J connectivity index is 2.60. The summed E-state index contributed by atoms with van der Waals surface area (Å²) in [6, 6.07) is 0.0128. The maximum atomic E-state index is 11.7. The molecule has 0 atom stereocenters. The quantitative estimate of drug-likeness (QED) is 0.692. The Labute approximate surface area is 116 Å². The van der Waals surface area contributed by atoms with Gasteiger partial charge < -0.3 is 0 Å². The van der Waals surface area contributed by atoms with Crippen LogP contribution in [0.15, 0.2) is 0 Å². The topological polar surface area (TPSA) is 86.8 Å². The van der Waals surface area contributed by atoms with Gasteiger partial charge >= 0.3 is 0 Å². The first-order valence-corrected chi connectivity index (χ1v) is 9.57. The molecule has 0 aromatic carbocycles. The Hall–Kier alpha value is -0.220. The van der Waals surface area contributed by atoms with Crippen LogP contribution < -0.4 is 4.72 Å². The van der Waals surface area contributed by atoms with Gasteiger partial charge in [-0.1, -0.05) is 12.8 Å². The van der Waals surface area contributed by atoms with E-state index in [0.29, 0.717) is 0 Å². The summed E-state index contributed by atoms with van der Waals surface area (Å²) < 4.78 is 51.4. The highest BCUT2D eigenvalue weighted by Crippen LogP contribution is 2.24. The molecule has 1 aliphatic rings. The summed E-state index contributed by atoms with van der Waals surface area (Å²) in [7, 11) is -3.95. The third kappa shape index (κ3) is 4.99. The number of nitrogens with one attached hydrogen (secondary N) is 1. The maximum Gasteiger partial charge on any atom is 0.278 e. The molecule has 0 bridgehead atoms. The van der Waals surface area contributed by atoms with Crippen molar-refractivity contribution in [1.82, 2.24) is 13.3 Å². The van der Waals surface area contributed by atoms with Gasteiger partial charge in [-0.2, -0.15) is 17.0 Å². The molecular formula is C10H23N3O4S2. The lowest BCUT2D eigenvalue weighted by Crippen LogP contribution is -2.45. The second-order valence-corrected chi connectivity index (χ2v) is 8.90. The number of sulfonamides is 1. The highest BCUT2D eigenvalue weighted by molar-refractivity contribution is 7.88. The fourth-order valence-electron chi connectivity index (χ4n) is 2.23. The zero-order valence-electron chi connectivity index (χ0n) is 11.7. The summed E-state index contributed by atoms with van der Waals surface area (Å²) in [5, 5.41) is 0. The van der Waals surface area contributed by atoms with E-state index in [-0.39, 0.29) is 19.1 Å². The molecule has 0 aromatic rings. The largest absolute Gasteiger partial charge is 0.278 e. The summed E-state index contributed by atoms with van der Waals surface area (Å²) in [5.41, 5.74) is 0. The third-order valence-electron chi connectivity index (χ3n) is 3.26. The average Bonchev–Trinajstić information content (AvgIpc) is 2.75. The maximum absolute atomic E-state index is 11.7. The fourth-order valence-corrected chi connectivity index (χ4v) is 4.01. The fraction of sp³-hybridized carbons (Fsp3) is 1.00. The molecule has 0 aromatic heterocycles. The molecule has 0 saturated heterocycles. The van der Waals surface area contributed by atoms with E-state index in [1.165, 1.54) is 24.7 Å². The molecule has 1 saturated carbocycles. The molecule has 7 nitrogen and oxygen atoms in total. The second-order valence-electron chi connectivity index (χ2n) is 4.99. The zero-order valence-corrected chi connectivity index (χ0v) is 13.3. The van der Waals surface area contributed by atoms with Crippen molar-refractivity contribution in [3.05, 3.63) is 0 Å². The van der Waals surface area contributed by atoms with Crippen molar-refractivity contribution < 1.29 is 16.8 Å². The standard InChI is InChI=1S/C10H23N3O4S2/c1-12(2)19(16,17)11-8-9-13(18(3,14)15)10-6-4-5-7-10/h10-11H,4-9H2,1-3H3. The summed E-state index contributed by atoms with van der Waals surface area (Å²) in [4.78, 5) is 0. The Bertz CT molecular complexity index is 481. The van der Waals surface area contributed by atoms with E-state index in [0.717, 1.165) is 30.0 Å². The number of rotatable bonds is 7. The Kier molecular flexibility index (Phi) is 5.75. The molecule has 1 fully saturated rings. The number of hydrogen-bond acceptors (Lipinski definition) is 4. The lowest BCUT2D eigenvalue weighted by molar-refractivity contribution is 0.327. The van der Waals surface area contributed by atoms with Gasteiger partial charge in [-0.3, -0.25) is 0 Å². The van der Waals surface area contributed by atoms with Gasteiger partial charge in [0.25, 0.3) is 10.2 Å². The predicted octanol–water partition coefficient (Wildman–Crippen LogP) is -0.413. The van der Waals surface area contributed by atoms with Crippen LogP contribution in [0.1, 0.15) is 25.7 Å². The SMILES string of the molecule is CN(C)S(=O)(=O)NCCN(C1CCCC1)S(C)(=O)=O. The van der Waals surface area contributed by atoms with Gasteiger partial charge in [0.05, 0.1) is 6.26 Å². The van der Waals surface area contributed by atoms with Crippen LogP contribution in [0, 0.1) is 0 Å². The van der Waals surface area contributed by atoms with Crippen LogP contribution in [0.4, 0.5) is 0 Å². The van der Waals surface area contributed by atoms with Crippen LogP contribution in [0.5, 0.6) is 0 Å². The smallest absolute Gasteiger partial charge is 0.212 e. The first kappa shape index (κ1) is 16.8. The van der Waals surface area contributed by atoms with E-state index in [1.54, 1.807) is 0 Å². The molecule has 19 heavy (non-hydrogen) atoms. The Morgan fingerprint density at radius 1 is 1.11 bits per heavy atom. The molecule has 1 aliphatic carbocycles. The van der Waals surface area contributed by atoms with Crippen LogP contribution in [0.25, 0.3) is 0 Å². The van der Waals surface area contributed by atoms with Crippen molar-refractivity contribution in [3.63, 3.8) is 0 Å². The third-order valence-corrected chi connectivity index (χ3v) is 6.12. The van der Waals surface area contributed by atoms with Gasteiger partial charge in [-0.25, -0.2) is 13.1 Å². The van der Waals surface area contributed by atoms with Crippen molar-refractivity contribution in [3.8, 4) is 0 Å². The lowest BCUT2D eigenvalue weighted by Gasteiger charge is -2.26. The van der Waals surface area contributed by atoms with E-state index in [1.807, 2.05) is 0 Å². The van der Waals surface area contributed by atoms with E-state index >= 15 is 0 Å². The lowest BCUT2D eigenvalue weighted by atomic mass is 10.2. The van der Waals surface area contributed by atoms with Crippen LogP contribution in [0.2, 0.25) is 0 Å². The van der Waals surface area contributed by atoms with Crippen molar-refractivity contribution in [1.29, 1.82) is 0 Å². The molecule has 0 amide bonds. The van der Waals surface area contributed by atoms with E-state index in [9.17, 15) is 16.8 Å². The van der Waals surface area contributed by atoms with Crippen molar-refractivity contribution >= 4 is 20.2 Å². The van der Waals surface area contributed by atoms with E-state index in [4.69, 9.17) is 0 Å². The van der Waals surface area contributed by atoms with Gasteiger partial charge in [0.2, 0.25) is 10.0 Å². The molecule has 114 valence electrons. The summed E-state index contributed by atoms with van der Waals surface area (Å²) in [6.45, 7) is 0.265. The van der Waals surface area contributed by atoms with Gasteiger partial charge in [-0.15, -0.1) is 0 Å². The molecule has 0 heterocycles. The number of hydrogen-bond donors (Lipinski definition) is 1. The number of nitrogens with zero attached hydrogens (tertiary/aromatic N) is 2. The predicted molar refractivity (Wildman–Crippen MR) is 74.4 cm³/mol. The molecular weight excluding hydrogens is 290 g/mol. The minimum atomic E-state index is -3.50.